The topological polar surface area (TPSA) is 57.5 Å². The van der Waals surface area contributed by atoms with Gasteiger partial charge in [-0.1, -0.05) is 32.9 Å². The van der Waals surface area contributed by atoms with Gasteiger partial charge in [-0.2, -0.15) is 0 Å². The first-order chi connectivity index (χ1) is 11.4. The number of carbonyl (C=O) groups is 1. The number of phenols is 2. The highest BCUT2D eigenvalue weighted by atomic mass is 16.3. The van der Waals surface area contributed by atoms with Gasteiger partial charge < -0.3 is 10.2 Å². The van der Waals surface area contributed by atoms with Crippen LogP contribution < -0.4 is 0 Å². The maximum absolute atomic E-state index is 12.4. The molecule has 3 aliphatic rings. The van der Waals surface area contributed by atoms with Crippen LogP contribution in [0.25, 0.3) is 0 Å². The zero-order valence-electron chi connectivity index (χ0n) is 14.9. The van der Waals surface area contributed by atoms with Crippen molar-refractivity contribution in [3.05, 3.63) is 35.4 Å². The number of aryl methyl sites for hydroxylation is 1. The monoisotopic (exact) mass is 328 g/mol. The molecule has 0 radical (unpaired) electrons. The Morgan fingerprint density at radius 2 is 1.88 bits per heavy atom. The molecule has 24 heavy (non-hydrogen) atoms. The summed E-state index contributed by atoms with van der Waals surface area (Å²) >= 11 is 0. The van der Waals surface area contributed by atoms with E-state index in [9.17, 15) is 15.0 Å². The van der Waals surface area contributed by atoms with Gasteiger partial charge in [0.1, 0.15) is 17.3 Å². The number of carbonyl (C=O) groups excluding carboxylic acids is 1. The number of phenolic OH excluding ortho intramolecular Hbond substituents is 2. The first-order valence-corrected chi connectivity index (χ1v) is 9.08. The van der Waals surface area contributed by atoms with Crippen molar-refractivity contribution in [2.24, 2.45) is 17.3 Å². The third-order valence-corrected chi connectivity index (χ3v) is 6.21. The van der Waals surface area contributed by atoms with Gasteiger partial charge in [-0.25, -0.2) is 0 Å². The second kappa shape index (κ2) is 6.27. The van der Waals surface area contributed by atoms with Crippen molar-refractivity contribution in [3.63, 3.8) is 0 Å². The molecule has 1 aromatic carbocycles. The number of fused-ring (bicyclic) bond motifs is 2. The minimum Gasteiger partial charge on any atom is -0.508 e. The van der Waals surface area contributed by atoms with Crippen LogP contribution in [-0.2, 0) is 11.2 Å². The number of aromatic hydroxyl groups is 2. The predicted molar refractivity (Wildman–Crippen MR) is 95.3 cm³/mol. The molecule has 0 aromatic heterocycles. The minimum atomic E-state index is -0.0634. The van der Waals surface area contributed by atoms with E-state index in [4.69, 9.17) is 0 Å². The van der Waals surface area contributed by atoms with E-state index in [0.29, 0.717) is 17.9 Å². The SMILES string of the molecule is CC/C=C/CCc1cc(O)c(C2CC(=O)C3CC2C3(C)C)c(O)c1. The van der Waals surface area contributed by atoms with Gasteiger partial charge in [0.25, 0.3) is 0 Å². The third kappa shape index (κ3) is 2.74. The lowest BCUT2D eigenvalue weighted by Crippen LogP contribution is -2.56. The first kappa shape index (κ1) is 17.1. The molecule has 3 saturated carbocycles. The molecule has 0 amide bonds. The molecule has 4 rings (SSSR count). The van der Waals surface area contributed by atoms with Crippen molar-refractivity contribution < 1.29 is 15.0 Å². The molecule has 0 heterocycles. The quantitative estimate of drug-likeness (QED) is 0.769. The molecule has 3 unspecified atom stereocenters. The van der Waals surface area contributed by atoms with Crippen molar-refractivity contribution in [3.8, 4) is 11.5 Å². The summed E-state index contributed by atoms with van der Waals surface area (Å²) < 4.78 is 0. The lowest BCUT2D eigenvalue weighted by atomic mass is 9.44. The molecular weight excluding hydrogens is 300 g/mol. The van der Waals surface area contributed by atoms with Crippen molar-refractivity contribution >= 4 is 5.78 Å². The number of hydrogen-bond donors (Lipinski definition) is 2. The molecule has 2 bridgehead atoms. The second-order valence-corrected chi connectivity index (χ2v) is 7.96. The van der Waals surface area contributed by atoms with Gasteiger partial charge in [0.2, 0.25) is 0 Å². The summed E-state index contributed by atoms with van der Waals surface area (Å²) in [6.07, 6.45) is 8.28. The highest BCUT2D eigenvalue weighted by Crippen LogP contribution is 2.64. The molecule has 1 aromatic rings. The van der Waals surface area contributed by atoms with E-state index in [1.54, 1.807) is 12.1 Å². The summed E-state index contributed by atoms with van der Waals surface area (Å²) in [5.74, 6) is 1.02. The summed E-state index contributed by atoms with van der Waals surface area (Å²) in [5.41, 5.74) is 1.48. The maximum Gasteiger partial charge on any atom is 0.137 e. The van der Waals surface area contributed by atoms with Gasteiger partial charge in [0, 0.05) is 23.8 Å². The number of Topliss-reactive ketones (excluding diaryl/α,β-unsaturated/α-hetero) is 1. The summed E-state index contributed by atoms with van der Waals surface area (Å²) in [6.45, 7) is 6.37. The van der Waals surface area contributed by atoms with Crippen LogP contribution in [0, 0.1) is 17.3 Å². The number of rotatable bonds is 5. The van der Waals surface area contributed by atoms with E-state index < -0.39 is 0 Å². The van der Waals surface area contributed by atoms with Crippen LogP contribution in [0.4, 0.5) is 0 Å². The first-order valence-electron chi connectivity index (χ1n) is 9.08. The molecule has 130 valence electrons. The Morgan fingerprint density at radius 1 is 1.21 bits per heavy atom. The van der Waals surface area contributed by atoms with Crippen LogP contribution in [0.5, 0.6) is 11.5 Å². The van der Waals surface area contributed by atoms with E-state index in [-0.39, 0.29) is 34.5 Å². The third-order valence-electron chi connectivity index (χ3n) is 6.21. The van der Waals surface area contributed by atoms with Gasteiger partial charge in [0.15, 0.2) is 0 Å². The molecule has 3 aliphatic carbocycles. The lowest BCUT2D eigenvalue weighted by Gasteiger charge is -2.59. The van der Waals surface area contributed by atoms with Crippen LogP contribution in [0.2, 0.25) is 0 Å². The summed E-state index contributed by atoms with van der Waals surface area (Å²) in [5, 5.41) is 21.1. The normalized spacial score (nSPS) is 28.1. The Labute approximate surface area is 144 Å². The molecule has 0 spiro atoms. The highest BCUT2D eigenvalue weighted by molar-refractivity contribution is 5.86. The average molecular weight is 328 g/mol. The molecule has 0 saturated heterocycles. The number of ketones is 1. The Bertz CT molecular complexity index is 649. The molecule has 3 nitrogen and oxygen atoms in total. The standard InChI is InChI=1S/C21H28O3/c1-4-5-6-7-8-13-9-18(23)20(19(24)10-13)14-11-17(22)16-12-15(14)21(16,2)3/h5-6,9-10,14-16,23-24H,4,7-8,11-12H2,1-3H3/b6-5+. The fourth-order valence-electron chi connectivity index (χ4n) is 4.73. The van der Waals surface area contributed by atoms with Gasteiger partial charge in [-0.05, 0) is 54.7 Å². The van der Waals surface area contributed by atoms with E-state index in [2.05, 4.69) is 32.9 Å². The van der Waals surface area contributed by atoms with E-state index in [1.807, 2.05) is 0 Å². The maximum atomic E-state index is 12.4. The number of allylic oxidation sites excluding steroid dienone is 2. The largest absolute Gasteiger partial charge is 0.508 e. The average Bonchev–Trinajstić information content (AvgIpc) is 2.50. The molecule has 3 fully saturated rings. The highest BCUT2D eigenvalue weighted by Gasteiger charge is 2.59. The van der Waals surface area contributed by atoms with E-state index >= 15 is 0 Å². The Hall–Kier alpha value is -1.77. The smallest absolute Gasteiger partial charge is 0.137 e. The van der Waals surface area contributed by atoms with Crippen molar-refractivity contribution in [2.75, 3.05) is 0 Å². The molecule has 3 heteroatoms. The van der Waals surface area contributed by atoms with Gasteiger partial charge >= 0.3 is 0 Å². The predicted octanol–water partition coefficient (Wildman–Crippen LogP) is 4.72. The van der Waals surface area contributed by atoms with Crippen LogP contribution in [0.15, 0.2) is 24.3 Å². The van der Waals surface area contributed by atoms with E-state index in [1.165, 1.54) is 0 Å². The van der Waals surface area contributed by atoms with Gasteiger partial charge in [0.05, 0.1) is 0 Å². The fourth-order valence-corrected chi connectivity index (χ4v) is 4.73. The minimum absolute atomic E-state index is 0.0253. The Morgan fingerprint density at radius 3 is 2.42 bits per heavy atom. The second-order valence-electron chi connectivity index (χ2n) is 7.96. The van der Waals surface area contributed by atoms with Crippen LogP contribution in [0.3, 0.4) is 0 Å². The van der Waals surface area contributed by atoms with Crippen molar-refractivity contribution in [1.82, 2.24) is 0 Å². The van der Waals surface area contributed by atoms with Gasteiger partial charge in [-0.15, -0.1) is 0 Å². The lowest BCUT2D eigenvalue weighted by molar-refractivity contribution is -0.151. The van der Waals surface area contributed by atoms with Crippen molar-refractivity contribution in [1.29, 1.82) is 0 Å². The summed E-state index contributed by atoms with van der Waals surface area (Å²) in [6, 6.07) is 3.52. The molecular formula is C21H28O3. The molecule has 3 atom stereocenters. The number of benzene rings is 1. The fraction of sp³-hybridized carbons (Fsp3) is 0.571. The van der Waals surface area contributed by atoms with E-state index in [0.717, 1.165) is 31.2 Å². The molecule has 0 aliphatic heterocycles. The summed E-state index contributed by atoms with van der Waals surface area (Å²) in [7, 11) is 0. The zero-order valence-corrected chi connectivity index (χ0v) is 14.9. The zero-order chi connectivity index (χ0) is 17.5. The summed E-state index contributed by atoms with van der Waals surface area (Å²) in [4.78, 5) is 12.4. The van der Waals surface area contributed by atoms with Crippen LogP contribution >= 0.6 is 0 Å². The Kier molecular flexibility index (Phi) is 4.46. The van der Waals surface area contributed by atoms with Crippen molar-refractivity contribution in [2.45, 2.75) is 58.8 Å². The molecule has 2 N–H and O–H groups in total. The number of hydrogen-bond acceptors (Lipinski definition) is 3. The van der Waals surface area contributed by atoms with Crippen LogP contribution in [-0.4, -0.2) is 16.0 Å². The Balaban J connectivity index is 1.84. The van der Waals surface area contributed by atoms with Crippen LogP contribution in [0.1, 0.15) is 63.5 Å². The van der Waals surface area contributed by atoms with Gasteiger partial charge in [-0.3, -0.25) is 4.79 Å².